The molecule has 0 saturated heterocycles. The molecule has 0 aromatic heterocycles. The van der Waals surface area contributed by atoms with Crippen LogP contribution in [0.2, 0.25) is 0 Å². The molecule has 1 atom stereocenters. The van der Waals surface area contributed by atoms with Crippen molar-refractivity contribution in [2.75, 3.05) is 13.2 Å². The zero-order chi connectivity index (χ0) is 20.2. The maximum atomic E-state index is 12.5. The van der Waals surface area contributed by atoms with Gasteiger partial charge in [0.15, 0.2) is 6.10 Å². The van der Waals surface area contributed by atoms with Crippen LogP contribution in [0, 0.1) is 0 Å². The number of benzene rings is 2. The van der Waals surface area contributed by atoms with Crippen LogP contribution in [-0.2, 0) is 17.6 Å². The van der Waals surface area contributed by atoms with E-state index in [1.165, 1.54) is 11.1 Å². The zero-order valence-electron chi connectivity index (χ0n) is 17.4. The number of rotatable bonds is 12. The van der Waals surface area contributed by atoms with E-state index in [0.717, 1.165) is 43.8 Å². The van der Waals surface area contributed by atoms with Gasteiger partial charge in [-0.25, -0.2) is 0 Å². The van der Waals surface area contributed by atoms with Crippen LogP contribution < -0.4 is 14.8 Å². The molecule has 2 rings (SSSR count). The van der Waals surface area contributed by atoms with Crippen LogP contribution in [-0.4, -0.2) is 25.2 Å². The zero-order valence-corrected chi connectivity index (χ0v) is 17.4. The molecule has 1 unspecified atom stereocenters. The first kappa shape index (κ1) is 21.8. The van der Waals surface area contributed by atoms with Crippen molar-refractivity contribution in [2.45, 2.75) is 59.0 Å². The Hall–Kier alpha value is -2.49. The van der Waals surface area contributed by atoms with E-state index >= 15 is 0 Å². The summed E-state index contributed by atoms with van der Waals surface area (Å²) in [5.74, 6) is 1.62. The third kappa shape index (κ3) is 6.91. The molecule has 28 heavy (non-hydrogen) atoms. The van der Waals surface area contributed by atoms with Crippen molar-refractivity contribution in [2.24, 2.45) is 0 Å². The van der Waals surface area contributed by atoms with Crippen molar-refractivity contribution < 1.29 is 14.3 Å². The van der Waals surface area contributed by atoms with E-state index in [1.807, 2.05) is 49.4 Å². The Morgan fingerprint density at radius 1 is 1.04 bits per heavy atom. The van der Waals surface area contributed by atoms with Crippen LogP contribution >= 0.6 is 0 Å². The molecule has 0 aliphatic carbocycles. The highest BCUT2D eigenvalue weighted by Crippen LogP contribution is 2.20. The van der Waals surface area contributed by atoms with Gasteiger partial charge in [0.25, 0.3) is 5.91 Å². The van der Waals surface area contributed by atoms with E-state index in [4.69, 9.17) is 9.47 Å². The molecule has 0 heterocycles. The van der Waals surface area contributed by atoms with E-state index < -0.39 is 6.10 Å². The fraction of sp³-hybridized carbons (Fsp3) is 0.458. The molecule has 0 aliphatic rings. The minimum atomic E-state index is -0.465. The number of hydrogen-bond acceptors (Lipinski definition) is 3. The fourth-order valence-corrected chi connectivity index (χ4v) is 2.96. The fourth-order valence-electron chi connectivity index (χ4n) is 2.96. The first-order valence-electron chi connectivity index (χ1n) is 10.4. The Morgan fingerprint density at radius 3 is 2.46 bits per heavy atom. The highest BCUT2D eigenvalue weighted by molar-refractivity contribution is 5.81. The van der Waals surface area contributed by atoms with Gasteiger partial charge in [0, 0.05) is 6.54 Å². The van der Waals surface area contributed by atoms with Crippen molar-refractivity contribution in [3.05, 3.63) is 59.7 Å². The summed E-state index contributed by atoms with van der Waals surface area (Å²) in [7, 11) is 0. The first-order valence-corrected chi connectivity index (χ1v) is 10.4. The maximum Gasteiger partial charge on any atom is 0.261 e. The van der Waals surface area contributed by atoms with E-state index in [2.05, 4.69) is 25.2 Å². The second-order valence-corrected chi connectivity index (χ2v) is 6.86. The molecule has 0 saturated carbocycles. The van der Waals surface area contributed by atoms with Gasteiger partial charge in [0.2, 0.25) is 0 Å². The van der Waals surface area contributed by atoms with Crippen molar-refractivity contribution in [1.29, 1.82) is 0 Å². The third-order valence-corrected chi connectivity index (χ3v) is 4.63. The average molecular weight is 384 g/mol. The van der Waals surface area contributed by atoms with Gasteiger partial charge in [-0.05, 0) is 61.4 Å². The van der Waals surface area contributed by atoms with Gasteiger partial charge in [0.05, 0.1) is 6.61 Å². The minimum absolute atomic E-state index is 0.0578. The van der Waals surface area contributed by atoms with Crippen LogP contribution in [0.5, 0.6) is 11.5 Å². The summed E-state index contributed by atoms with van der Waals surface area (Å²) in [6.45, 7) is 7.53. The monoisotopic (exact) mass is 383 g/mol. The second-order valence-electron chi connectivity index (χ2n) is 6.86. The topological polar surface area (TPSA) is 47.6 Å². The van der Waals surface area contributed by atoms with E-state index in [9.17, 15) is 4.79 Å². The largest absolute Gasteiger partial charge is 0.493 e. The Balaban J connectivity index is 1.79. The number of nitrogens with one attached hydrogen (secondary N) is 1. The molecule has 0 fully saturated rings. The van der Waals surface area contributed by atoms with Crippen LogP contribution in [0.4, 0.5) is 0 Å². The molecule has 0 bridgehead atoms. The van der Waals surface area contributed by atoms with Gasteiger partial charge < -0.3 is 14.8 Å². The normalized spacial score (nSPS) is 11.7. The number of para-hydroxylation sites is 1. The lowest BCUT2D eigenvalue weighted by molar-refractivity contribution is -0.128. The predicted octanol–water partition coefficient (Wildman–Crippen LogP) is 4.94. The third-order valence-electron chi connectivity index (χ3n) is 4.63. The van der Waals surface area contributed by atoms with Gasteiger partial charge in [-0.3, -0.25) is 4.79 Å². The van der Waals surface area contributed by atoms with Crippen molar-refractivity contribution in [3.8, 4) is 11.5 Å². The Bertz CT molecular complexity index is 712. The molecule has 2 aromatic carbocycles. The summed E-state index contributed by atoms with van der Waals surface area (Å²) in [5.41, 5.74) is 2.44. The molecule has 2 aromatic rings. The summed E-state index contributed by atoms with van der Waals surface area (Å²) in [5, 5.41) is 3.00. The Kier molecular flexibility index (Phi) is 9.40. The van der Waals surface area contributed by atoms with Gasteiger partial charge in [-0.1, -0.05) is 51.1 Å². The smallest absolute Gasteiger partial charge is 0.261 e. The number of carbonyl (C=O) groups excluding carboxylic acids is 1. The molecule has 1 N–H and O–H groups in total. The summed E-state index contributed by atoms with van der Waals surface area (Å²) in [6.07, 6.45) is 3.88. The van der Waals surface area contributed by atoms with Crippen LogP contribution in [0.15, 0.2) is 48.5 Å². The summed E-state index contributed by atoms with van der Waals surface area (Å²) < 4.78 is 11.7. The highest BCUT2D eigenvalue weighted by atomic mass is 16.5. The molecule has 4 nitrogen and oxygen atoms in total. The van der Waals surface area contributed by atoms with Crippen LogP contribution in [0.3, 0.4) is 0 Å². The second kappa shape index (κ2) is 12.1. The number of amides is 1. The standard InChI is InChI=1S/C24H33NO3/c1-4-18-27-23-12-8-7-10-20(23)11-9-17-25-24(26)22(6-3)28-21-15-13-19(5-2)14-16-21/h7-8,10,12-16,22H,4-6,9,11,17-18H2,1-3H3,(H,25,26). The van der Waals surface area contributed by atoms with Crippen molar-refractivity contribution in [1.82, 2.24) is 5.32 Å². The van der Waals surface area contributed by atoms with Gasteiger partial charge in [0.1, 0.15) is 11.5 Å². The molecular formula is C24H33NO3. The van der Waals surface area contributed by atoms with E-state index in [1.54, 1.807) is 0 Å². The Morgan fingerprint density at radius 2 is 1.79 bits per heavy atom. The predicted molar refractivity (Wildman–Crippen MR) is 114 cm³/mol. The molecular weight excluding hydrogens is 350 g/mol. The van der Waals surface area contributed by atoms with Gasteiger partial charge >= 0.3 is 0 Å². The van der Waals surface area contributed by atoms with Crippen LogP contribution in [0.1, 0.15) is 51.2 Å². The number of aryl methyl sites for hydroxylation is 2. The summed E-state index contributed by atoms with van der Waals surface area (Å²) >= 11 is 0. The Labute approximate surface area is 169 Å². The molecule has 0 aliphatic heterocycles. The number of hydrogen-bond donors (Lipinski definition) is 1. The highest BCUT2D eigenvalue weighted by Gasteiger charge is 2.17. The summed E-state index contributed by atoms with van der Waals surface area (Å²) in [4.78, 5) is 12.5. The summed E-state index contributed by atoms with van der Waals surface area (Å²) in [6, 6.07) is 16.1. The maximum absolute atomic E-state index is 12.5. The molecule has 1 amide bonds. The lowest BCUT2D eigenvalue weighted by atomic mass is 10.1. The lowest BCUT2D eigenvalue weighted by Crippen LogP contribution is -2.38. The van der Waals surface area contributed by atoms with Crippen molar-refractivity contribution in [3.63, 3.8) is 0 Å². The van der Waals surface area contributed by atoms with E-state index in [-0.39, 0.29) is 5.91 Å². The lowest BCUT2D eigenvalue weighted by Gasteiger charge is -2.17. The SMILES string of the molecule is CCCOc1ccccc1CCCNC(=O)C(CC)Oc1ccc(CC)cc1. The molecule has 152 valence electrons. The van der Waals surface area contributed by atoms with Gasteiger partial charge in [-0.2, -0.15) is 0 Å². The number of carbonyl (C=O) groups is 1. The van der Waals surface area contributed by atoms with Gasteiger partial charge in [-0.15, -0.1) is 0 Å². The van der Waals surface area contributed by atoms with Crippen molar-refractivity contribution >= 4 is 5.91 Å². The molecule has 0 spiro atoms. The van der Waals surface area contributed by atoms with E-state index in [0.29, 0.717) is 13.0 Å². The number of ether oxygens (including phenoxy) is 2. The van der Waals surface area contributed by atoms with Crippen LogP contribution in [0.25, 0.3) is 0 Å². The average Bonchev–Trinajstić information content (AvgIpc) is 2.74. The molecule has 4 heteroatoms. The first-order chi connectivity index (χ1) is 13.7. The quantitative estimate of drug-likeness (QED) is 0.528. The molecule has 0 radical (unpaired) electrons. The minimum Gasteiger partial charge on any atom is -0.493 e.